The van der Waals surface area contributed by atoms with Gasteiger partial charge >= 0.3 is 0 Å². The maximum Gasteiger partial charge on any atom is 0.295 e. The normalized spacial score (nSPS) is 17.2. The smallest absolute Gasteiger partial charge is 0.295 e. The Morgan fingerprint density at radius 2 is 2.29 bits per heavy atom. The van der Waals surface area contributed by atoms with Crippen LogP contribution in [0.3, 0.4) is 0 Å². The van der Waals surface area contributed by atoms with Crippen molar-refractivity contribution in [3.05, 3.63) is 5.82 Å². The largest absolute Gasteiger partial charge is 0.373 e. The van der Waals surface area contributed by atoms with Gasteiger partial charge in [0.25, 0.3) is 5.89 Å². The molecule has 0 saturated heterocycles. The number of nitrogens with zero attached hydrogens (tertiary/aromatic N) is 4. The molecule has 1 unspecified atom stereocenters. The monoisotopic (exact) mass is 236 g/mol. The maximum atomic E-state index is 5.40. The van der Waals surface area contributed by atoms with E-state index in [9.17, 15) is 0 Å². The first-order valence-corrected chi connectivity index (χ1v) is 5.32. The third-order valence-electron chi connectivity index (χ3n) is 2.71. The molecule has 0 amide bonds. The number of nitrogen functional groups attached to an aromatic ring is 1. The highest BCUT2D eigenvalue weighted by atomic mass is 16.5. The lowest BCUT2D eigenvalue weighted by atomic mass is 10.2. The second-order valence-electron chi connectivity index (χ2n) is 3.99. The van der Waals surface area contributed by atoms with Crippen molar-refractivity contribution in [3.63, 3.8) is 0 Å². The molecule has 1 aliphatic carbocycles. The molecular formula is C9H12N6O2. The van der Waals surface area contributed by atoms with E-state index in [-0.39, 0.29) is 17.9 Å². The number of aromatic amines is 1. The van der Waals surface area contributed by atoms with Gasteiger partial charge in [0, 0.05) is 7.11 Å². The summed E-state index contributed by atoms with van der Waals surface area (Å²) in [6.07, 6.45) is 2.17. The average Bonchev–Trinajstić information content (AvgIpc) is 2.87. The van der Waals surface area contributed by atoms with Gasteiger partial charge in [-0.25, -0.2) is 0 Å². The SMILES string of the molecule is COC(c1noc(-c2nc(N)n[nH]2)n1)C1CC1. The first-order chi connectivity index (χ1) is 8.28. The van der Waals surface area contributed by atoms with E-state index in [2.05, 4.69) is 25.3 Å². The van der Waals surface area contributed by atoms with Crippen molar-refractivity contribution in [1.29, 1.82) is 0 Å². The third-order valence-corrected chi connectivity index (χ3v) is 2.71. The van der Waals surface area contributed by atoms with Crippen LogP contribution in [0.25, 0.3) is 11.7 Å². The van der Waals surface area contributed by atoms with Gasteiger partial charge in [0.2, 0.25) is 17.6 Å². The van der Waals surface area contributed by atoms with Crippen molar-refractivity contribution < 1.29 is 9.26 Å². The van der Waals surface area contributed by atoms with Gasteiger partial charge in [-0.05, 0) is 18.8 Å². The molecule has 90 valence electrons. The molecule has 2 aromatic rings. The van der Waals surface area contributed by atoms with Crippen LogP contribution in [-0.2, 0) is 4.74 Å². The van der Waals surface area contributed by atoms with E-state index in [0.717, 1.165) is 12.8 Å². The summed E-state index contributed by atoms with van der Waals surface area (Å²) in [5.41, 5.74) is 5.40. The van der Waals surface area contributed by atoms with E-state index in [1.807, 2.05) is 0 Å². The summed E-state index contributed by atoms with van der Waals surface area (Å²) >= 11 is 0. The Balaban J connectivity index is 1.86. The van der Waals surface area contributed by atoms with Crippen LogP contribution in [0.4, 0.5) is 5.95 Å². The highest BCUT2D eigenvalue weighted by Gasteiger charge is 2.35. The Kier molecular flexibility index (Phi) is 2.29. The first kappa shape index (κ1) is 10.2. The summed E-state index contributed by atoms with van der Waals surface area (Å²) < 4.78 is 10.5. The number of anilines is 1. The van der Waals surface area contributed by atoms with Crippen LogP contribution >= 0.6 is 0 Å². The van der Waals surface area contributed by atoms with Crippen molar-refractivity contribution in [1.82, 2.24) is 25.3 Å². The Morgan fingerprint density at radius 3 is 2.88 bits per heavy atom. The van der Waals surface area contributed by atoms with E-state index in [1.54, 1.807) is 7.11 Å². The molecule has 2 heterocycles. The Bertz CT molecular complexity index is 517. The van der Waals surface area contributed by atoms with Crippen molar-refractivity contribution in [2.24, 2.45) is 5.92 Å². The summed E-state index contributed by atoms with van der Waals surface area (Å²) in [6, 6.07) is 0. The fourth-order valence-corrected chi connectivity index (χ4v) is 1.72. The number of nitrogens with one attached hydrogen (secondary N) is 1. The van der Waals surface area contributed by atoms with Crippen LogP contribution in [0.2, 0.25) is 0 Å². The zero-order valence-electron chi connectivity index (χ0n) is 9.25. The third kappa shape index (κ3) is 1.86. The van der Waals surface area contributed by atoms with Crippen LogP contribution in [0.15, 0.2) is 4.52 Å². The van der Waals surface area contributed by atoms with Gasteiger partial charge in [-0.3, -0.25) is 5.10 Å². The molecule has 17 heavy (non-hydrogen) atoms. The van der Waals surface area contributed by atoms with E-state index >= 15 is 0 Å². The van der Waals surface area contributed by atoms with Gasteiger partial charge in [0.05, 0.1) is 0 Å². The Hall–Kier alpha value is -1.96. The molecule has 0 bridgehead atoms. The summed E-state index contributed by atoms with van der Waals surface area (Å²) in [4.78, 5) is 8.15. The van der Waals surface area contributed by atoms with E-state index in [0.29, 0.717) is 17.6 Å². The van der Waals surface area contributed by atoms with Gasteiger partial charge in [-0.1, -0.05) is 5.16 Å². The number of hydrogen-bond donors (Lipinski definition) is 2. The molecule has 3 N–H and O–H groups in total. The van der Waals surface area contributed by atoms with E-state index in [4.69, 9.17) is 15.0 Å². The minimum absolute atomic E-state index is 0.104. The molecule has 0 radical (unpaired) electrons. The lowest BCUT2D eigenvalue weighted by molar-refractivity contribution is 0.0751. The standard InChI is InChI=1S/C9H12N6O2/c1-16-5(4-2-3-4)6-11-8(17-15-6)7-12-9(10)14-13-7/h4-5H,2-3H2,1H3,(H3,10,12,13,14). The quantitative estimate of drug-likeness (QED) is 0.795. The van der Waals surface area contributed by atoms with Crippen LogP contribution in [0.1, 0.15) is 24.8 Å². The Labute approximate surface area is 96.6 Å². The van der Waals surface area contributed by atoms with Crippen molar-refractivity contribution in [2.75, 3.05) is 12.8 Å². The summed E-state index contributed by atoms with van der Waals surface area (Å²) in [7, 11) is 1.64. The Morgan fingerprint density at radius 1 is 1.47 bits per heavy atom. The van der Waals surface area contributed by atoms with E-state index in [1.165, 1.54) is 0 Å². The highest BCUT2D eigenvalue weighted by Crippen LogP contribution is 2.42. The summed E-state index contributed by atoms with van der Waals surface area (Å²) in [5.74, 6) is 1.81. The number of methoxy groups -OCH3 is 1. The van der Waals surface area contributed by atoms with Crippen LogP contribution in [-0.4, -0.2) is 32.4 Å². The molecule has 1 fully saturated rings. The zero-order chi connectivity index (χ0) is 11.8. The molecule has 0 aromatic carbocycles. The number of H-pyrrole nitrogens is 1. The minimum atomic E-state index is -0.104. The second kappa shape index (κ2) is 3.81. The van der Waals surface area contributed by atoms with Crippen molar-refractivity contribution >= 4 is 5.95 Å². The predicted octanol–water partition coefficient (Wildman–Crippen LogP) is 0.534. The lowest BCUT2D eigenvalue weighted by Crippen LogP contribution is -2.05. The maximum absolute atomic E-state index is 5.40. The number of rotatable bonds is 4. The topological polar surface area (TPSA) is 116 Å². The summed E-state index contributed by atoms with van der Waals surface area (Å²) in [5, 5.41) is 10.2. The van der Waals surface area contributed by atoms with Crippen molar-refractivity contribution in [3.8, 4) is 11.7 Å². The molecule has 3 rings (SSSR count). The molecular weight excluding hydrogens is 224 g/mol. The number of aromatic nitrogens is 5. The predicted molar refractivity (Wildman–Crippen MR) is 56.6 cm³/mol. The minimum Gasteiger partial charge on any atom is -0.373 e. The lowest BCUT2D eigenvalue weighted by Gasteiger charge is -2.07. The fraction of sp³-hybridized carbons (Fsp3) is 0.556. The van der Waals surface area contributed by atoms with Gasteiger partial charge < -0.3 is 15.0 Å². The first-order valence-electron chi connectivity index (χ1n) is 5.32. The van der Waals surface area contributed by atoms with Crippen molar-refractivity contribution in [2.45, 2.75) is 18.9 Å². The number of ether oxygens (including phenoxy) is 1. The molecule has 2 aromatic heterocycles. The van der Waals surface area contributed by atoms with Gasteiger partial charge in [-0.15, -0.1) is 5.10 Å². The summed E-state index contributed by atoms with van der Waals surface area (Å²) in [6.45, 7) is 0. The molecule has 1 aliphatic rings. The number of hydrogen-bond acceptors (Lipinski definition) is 7. The van der Waals surface area contributed by atoms with Gasteiger partial charge in [0.1, 0.15) is 6.10 Å². The van der Waals surface area contributed by atoms with Gasteiger partial charge in [0.15, 0.2) is 0 Å². The van der Waals surface area contributed by atoms with Gasteiger partial charge in [-0.2, -0.15) is 9.97 Å². The zero-order valence-corrected chi connectivity index (χ0v) is 9.25. The van der Waals surface area contributed by atoms with E-state index < -0.39 is 0 Å². The van der Waals surface area contributed by atoms with Crippen LogP contribution in [0, 0.1) is 5.92 Å². The molecule has 0 aliphatic heterocycles. The molecule has 8 heteroatoms. The highest BCUT2D eigenvalue weighted by molar-refractivity contribution is 5.41. The second-order valence-corrected chi connectivity index (χ2v) is 3.99. The molecule has 1 atom stereocenters. The fourth-order valence-electron chi connectivity index (χ4n) is 1.72. The molecule has 8 nitrogen and oxygen atoms in total. The number of nitrogens with two attached hydrogens (primary N) is 1. The molecule has 0 spiro atoms. The van der Waals surface area contributed by atoms with Crippen LogP contribution in [0.5, 0.6) is 0 Å². The molecule has 1 saturated carbocycles. The average molecular weight is 236 g/mol. The van der Waals surface area contributed by atoms with Crippen LogP contribution < -0.4 is 5.73 Å².